The lowest BCUT2D eigenvalue weighted by Gasteiger charge is -2.35. The van der Waals surface area contributed by atoms with Crippen molar-refractivity contribution >= 4 is 28.0 Å². The number of sulfonamides is 1. The van der Waals surface area contributed by atoms with Gasteiger partial charge in [0.05, 0.1) is 4.90 Å². The number of fused-ring (bicyclic) bond motifs is 1. The number of guanidine groups is 1. The van der Waals surface area contributed by atoms with Crippen molar-refractivity contribution in [3.05, 3.63) is 22.3 Å². The monoisotopic (exact) mass is 527 g/mol. The molecule has 202 valence electrons. The highest BCUT2D eigenvalue weighted by molar-refractivity contribution is 7.90. The quantitative estimate of drug-likeness (QED) is 0.115. The van der Waals surface area contributed by atoms with Crippen LogP contribution in [0.3, 0.4) is 0 Å². The van der Waals surface area contributed by atoms with Crippen molar-refractivity contribution in [2.45, 2.75) is 76.8 Å². The van der Waals surface area contributed by atoms with Gasteiger partial charge in [0, 0.05) is 13.7 Å². The Morgan fingerprint density at radius 1 is 1.17 bits per heavy atom. The molecule has 0 aromatic heterocycles. The molecule has 0 bridgehead atoms. The molecular weight excluding hydrogens is 490 g/mol. The summed E-state index contributed by atoms with van der Waals surface area (Å²) in [7, 11) is -2.67. The lowest BCUT2D eigenvalue weighted by Crippen LogP contribution is -2.47. The number of hydrogen-bond donors (Lipinski definition) is 6. The maximum absolute atomic E-state index is 13.2. The van der Waals surface area contributed by atoms with Gasteiger partial charge in [-0.1, -0.05) is 0 Å². The first kappa shape index (κ1) is 29.2. The summed E-state index contributed by atoms with van der Waals surface area (Å²) < 4.78 is 39.6. The molecule has 1 aliphatic rings. The van der Waals surface area contributed by atoms with Gasteiger partial charge < -0.3 is 30.5 Å². The van der Waals surface area contributed by atoms with Gasteiger partial charge >= 0.3 is 6.09 Å². The Morgan fingerprint density at radius 2 is 1.83 bits per heavy atom. The Hall–Kier alpha value is -3.06. The van der Waals surface area contributed by atoms with Crippen LogP contribution in [-0.2, 0) is 26.0 Å². The summed E-state index contributed by atoms with van der Waals surface area (Å²) in [5, 5.41) is 24.2. The topological polar surface area (TPSA) is 179 Å². The Labute approximate surface area is 212 Å². The molecule has 0 aliphatic carbocycles. The molecular formula is C23H37N5O7S. The Balaban J connectivity index is 2.05. The lowest BCUT2D eigenvalue weighted by atomic mass is 9.88. The van der Waals surface area contributed by atoms with Gasteiger partial charge in [0.25, 0.3) is 10.0 Å². The Morgan fingerprint density at radius 3 is 2.44 bits per heavy atom. The molecule has 0 saturated heterocycles. The molecule has 1 heterocycles. The number of carbonyl (C=O) groups is 2. The number of rotatable bonds is 10. The van der Waals surface area contributed by atoms with E-state index in [-0.39, 0.29) is 30.2 Å². The van der Waals surface area contributed by atoms with E-state index in [1.807, 2.05) is 20.8 Å². The van der Waals surface area contributed by atoms with Crippen molar-refractivity contribution < 1.29 is 32.6 Å². The molecule has 36 heavy (non-hydrogen) atoms. The van der Waals surface area contributed by atoms with E-state index < -0.39 is 34.0 Å². The number of amides is 2. The first-order valence-electron chi connectivity index (χ1n) is 11.6. The van der Waals surface area contributed by atoms with Gasteiger partial charge in [-0.3, -0.25) is 10.2 Å². The number of hydrogen-bond acceptors (Lipinski definition) is 7. The normalized spacial score (nSPS) is 15.2. The lowest BCUT2D eigenvalue weighted by molar-refractivity contribution is -0.124. The van der Waals surface area contributed by atoms with E-state index in [2.05, 4.69) is 20.7 Å². The van der Waals surface area contributed by atoms with Gasteiger partial charge in [0.1, 0.15) is 24.1 Å². The summed E-state index contributed by atoms with van der Waals surface area (Å²) in [4.78, 5) is 23.2. The number of ether oxygens (including phenoxy) is 2. The number of carbonyl (C=O) groups excluding carboxylic acids is 1. The molecule has 0 unspecified atom stereocenters. The highest BCUT2D eigenvalue weighted by Crippen LogP contribution is 2.42. The fourth-order valence-corrected chi connectivity index (χ4v) is 5.70. The molecule has 0 radical (unpaired) electrons. The van der Waals surface area contributed by atoms with Gasteiger partial charge in [0.15, 0.2) is 0 Å². The first-order chi connectivity index (χ1) is 16.7. The second-order valence-electron chi connectivity index (χ2n) is 9.40. The standard InChI is InChI=1S/C23H37N5O7S/c1-13-14(2)19(15(3)16-9-10-23(4,5)35-18(13)16)36(32,33)28-21(24)25-11-7-8-17(27-22(30)31)20(29)26-12-34-6/h17,27H,7-12H2,1-6H3,(H,26,29)(H,30,31)(H3,24,25,28)/t17-/m0/s1. The van der Waals surface area contributed by atoms with Crippen LogP contribution in [0.2, 0.25) is 0 Å². The van der Waals surface area contributed by atoms with Gasteiger partial charge in [-0.05, 0) is 82.6 Å². The van der Waals surface area contributed by atoms with Crippen LogP contribution in [0.25, 0.3) is 0 Å². The van der Waals surface area contributed by atoms with E-state index >= 15 is 0 Å². The van der Waals surface area contributed by atoms with Crippen LogP contribution < -0.4 is 25.4 Å². The molecule has 1 aliphatic heterocycles. The predicted molar refractivity (Wildman–Crippen MR) is 134 cm³/mol. The summed E-state index contributed by atoms with van der Waals surface area (Å²) in [5.74, 6) is -0.239. The summed E-state index contributed by atoms with van der Waals surface area (Å²) in [6.07, 6.45) is 0.527. The molecule has 6 N–H and O–H groups in total. The number of benzene rings is 1. The summed E-state index contributed by atoms with van der Waals surface area (Å²) in [6.45, 7) is 9.40. The van der Waals surface area contributed by atoms with E-state index in [1.54, 1.807) is 13.8 Å². The van der Waals surface area contributed by atoms with Crippen LogP contribution >= 0.6 is 0 Å². The van der Waals surface area contributed by atoms with E-state index in [9.17, 15) is 18.0 Å². The van der Waals surface area contributed by atoms with Gasteiger partial charge in [-0.2, -0.15) is 0 Å². The molecule has 0 saturated carbocycles. The summed E-state index contributed by atoms with van der Waals surface area (Å²) in [5.41, 5.74) is 2.46. The van der Waals surface area contributed by atoms with E-state index in [0.717, 1.165) is 23.3 Å². The van der Waals surface area contributed by atoms with Gasteiger partial charge in [-0.25, -0.2) is 17.9 Å². The largest absolute Gasteiger partial charge is 0.487 e. The smallest absolute Gasteiger partial charge is 0.405 e. The van der Waals surface area contributed by atoms with Crippen LogP contribution in [0.4, 0.5) is 4.79 Å². The minimum Gasteiger partial charge on any atom is -0.487 e. The number of nitrogens with one attached hydrogen (secondary N) is 5. The number of methoxy groups -OCH3 is 1. The highest BCUT2D eigenvalue weighted by Gasteiger charge is 2.33. The third-order valence-electron chi connectivity index (χ3n) is 6.15. The van der Waals surface area contributed by atoms with Crippen LogP contribution in [-0.4, -0.2) is 63.5 Å². The maximum Gasteiger partial charge on any atom is 0.405 e. The molecule has 2 rings (SSSR count). The fraction of sp³-hybridized carbons (Fsp3) is 0.609. The van der Waals surface area contributed by atoms with Crippen molar-refractivity contribution in [2.24, 2.45) is 0 Å². The molecule has 2 amide bonds. The average Bonchev–Trinajstić information content (AvgIpc) is 2.76. The van der Waals surface area contributed by atoms with Crippen molar-refractivity contribution in [1.82, 2.24) is 20.7 Å². The molecule has 1 aromatic carbocycles. The predicted octanol–water partition coefficient (Wildman–Crippen LogP) is 1.65. The SMILES string of the molecule is COCNC(=O)[C@H](CCCNC(=N)NS(=O)(=O)c1c(C)c(C)c2c(c1C)CCC(C)(C)O2)NC(=O)O. The maximum atomic E-state index is 13.2. The minimum absolute atomic E-state index is 0.0633. The van der Waals surface area contributed by atoms with Crippen LogP contribution in [0.5, 0.6) is 5.75 Å². The minimum atomic E-state index is -4.06. The third-order valence-corrected chi connectivity index (χ3v) is 7.77. The van der Waals surface area contributed by atoms with Crippen LogP contribution in [0.15, 0.2) is 4.90 Å². The molecule has 12 nitrogen and oxygen atoms in total. The van der Waals surface area contributed by atoms with Gasteiger partial charge in [0.2, 0.25) is 11.9 Å². The van der Waals surface area contributed by atoms with Crippen LogP contribution in [0.1, 0.15) is 55.4 Å². The Bertz CT molecular complexity index is 1120. The molecule has 1 atom stereocenters. The third kappa shape index (κ3) is 7.23. The first-order valence-corrected chi connectivity index (χ1v) is 13.1. The Kier molecular flexibility index (Phi) is 9.55. The molecule has 0 spiro atoms. The van der Waals surface area contributed by atoms with E-state index in [0.29, 0.717) is 24.0 Å². The van der Waals surface area contributed by atoms with Crippen molar-refractivity contribution in [3.8, 4) is 5.75 Å². The summed E-state index contributed by atoms with van der Waals surface area (Å²) >= 11 is 0. The molecule has 1 aromatic rings. The van der Waals surface area contributed by atoms with Crippen molar-refractivity contribution in [1.29, 1.82) is 5.41 Å². The van der Waals surface area contributed by atoms with E-state index in [1.165, 1.54) is 7.11 Å². The zero-order chi connectivity index (χ0) is 27.3. The average molecular weight is 528 g/mol. The van der Waals surface area contributed by atoms with E-state index in [4.69, 9.17) is 20.0 Å². The zero-order valence-electron chi connectivity index (χ0n) is 21.6. The van der Waals surface area contributed by atoms with Crippen molar-refractivity contribution in [2.75, 3.05) is 20.4 Å². The zero-order valence-corrected chi connectivity index (χ0v) is 22.4. The second-order valence-corrected chi connectivity index (χ2v) is 11.0. The molecule has 13 heteroatoms. The fourth-order valence-electron chi connectivity index (χ4n) is 4.18. The van der Waals surface area contributed by atoms with Gasteiger partial charge in [-0.15, -0.1) is 0 Å². The molecule has 0 fully saturated rings. The van der Waals surface area contributed by atoms with Crippen LogP contribution in [0, 0.1) is 26.2 Å². The summed E-state index contributed by atoms with van der Waals surface area (Å²) in [6, 6.07) is -1.01. The highest BCUT2D eigenvalue weighted by atomic mass is 32.2. The van der Waals surface area contributed by atoms with Crippen molar-refractivity contribution in [3.63, 3.8) is 0 Å². The number of carboxylic acid groups (broad SMARTS) is 1. The second kappa shape index (κ2) is 11.8.